The summed E-state index contributed by atoms with van der Waals surface area (Å²) >= 11 is 15.7. The summed E-state index contributed by atoms with van der Waals surface area (Å²) in [5, 5.41) is 9.68. The Labute approximate surface area is 208 Å². The van der Waals surface area contributed by atoms with Crippen LogP contribution in [-0.4, -0.2) is 16.9 Å². The van der Waals surface area contributed by atoms with E-state index in [4.69, 9.17) is 23.2 Å². The number of benzene rings is 3. The number of aromatic nitrogens is 1. The molecule has 0 saturated heterocycles. The van der Waals surface area contributed by atoms with E-state index in [0.29, 0.717) is 28.0 Å². The molecule has 3 aromatic carbocycles. The van der Waals surface area contributed by atoms with E-state index < -0.39 is 11.9 Å². The zero-order valence-corrected chi connectivity index (χ0v) is 20.3. The van der Waals surface area contributed by atoms with E-state index in [1.807, 2.05) is 25.1 Å². The summed E-state index contributed by atoms with van der Waals surface area (Å²) in [5.74, 6) is -0.456. The zero-order chi connectivity index (χ0) is 23.5. The number of amides is 3. The SMILES string of the molecule is Cc1cnc2c(NC(=O)c3c(Cl)cccc3Cl)cccc2c1NC(=O)Nc1cccc(Br)c1. The van der Waals surface area contributed by atoms with E-state index in [9.17, 15) is 9.59 Å². The molecule has 0 atom stereocenters. The van der Waals surface area contributed by atoms with Crippen LogP contribution in [0.15, 0.2) is 71.3 Å². The van der Waals surface area contributed by atoms with Gasteiger partial charge in [-0.3, -0.25) is 9.78 Å². The molecule has 0 aliphatic heterocycles. The number of hydrogen-bond donors (Lipinski definition) is 3. The monoisotopic (exact) mass is 542 g/mol. The number of nitrogens with one attached hydrogen (secondary N) is 3. The summed E-state index contributed by atoms with van der Waals surface area (Å²) in [4.78, 5) is 30.0. The predicted octanol–water partition coefficient (Wildman–Crippen LogP) is 7.51. The summed E-state index contributed by atoms with van der Waals surface area (Å²) in [5.41, 5.74) is 3.14. The maximum absolute atomic E-state index is 12.9. The predicted molar refractivity (Wildman–Crippen MR) is 138 cm³/mol. The molecule has 3 N–H and O–H groups in total. The van der Waals surface area contributed by atoms with Crippen LogP contribution < -0.4 is 16.0 Å². The number of hydrogen-bond acceptors (Lipinski definition) is 3. The topological polar surface area (TPSA) is 83.1 Å². The first-order valence-electron chi connectivity index (χ1n) is 9.81. The number of fused-ring (bicyclic) bond motifs is 1. The number of nitrogens with zero attached hydrogens (tertiary/aromatic N) is 1. The first kappa shape index (κ1) is 23.0. The fourth-order valence-electron chi connectivity index (χ4n) is 3.33. The maximum Gasteiger partial charge on any atom is 0.323 e. The highest BCUT2D eigenvalue weighted by Gasteiger charge is 2.17. The van der Waals surface area contributed by atoms with E-state index >= 15 is 0 Å². The molecule has 33 heavy (non-hydrogen) atoms. The number of para-hydroxylation sites is 1. The summed E-state index contributed by atoms with van der Waals surface area (Å²) in [6, 6.07) is 17.0. The van der Waals surface area contributed by atoms with Crippen molar-refractivity contribution in [2.75, 3.05) is 16.0 Å². The van der Waals surface area contributed by atoms with Crippen LogP contribution in [0.25, 0.3) is 10.9 Å². The molecule has 6 nitrogen and oxygen atoms in total. The van der Waals surface area contributed by atoms with Crippen molar-refractivity contribution in [1.29, 1.82) is 0 Å². The lowest BCUT2D eigenvalue weighted by Gasteiger charge is -2.15. The van der Waals surface area contributed by atoms with Crippen molar-refractivity contribution in [1.82, 2.24) is 4.98 Å². The van der Waals surface area contributed by atoms with Crippen LogP contribution in [0.1, 0.15) is 15.9 Å². The van der Waals surface area contributed by atoms with Gasteiger partial charge in [0.1, 0.15) is 0 Å². The third-order valence-electron chi connectivity index (χ3n) is 4.85. The molecule has 0 aliphatic rings. The van der Waals surface area contributed by atoms with Crippen molar-refractivity contribution in [3.05, 3.63) is 92.5 Å². The number of aryl methyl sites for hydroxylation is 1. The molecule has 1 aromatic heterocycles. The van der Waals surface area contributed by atoms with Crippen molar-refractivity contribution in [2.45, 2.75) is 6.92 Å². The highest BCUT2D eigenvalue weighted by Crippen LogP contribution is 2.32. The van der Waals surface area contributed by atoms with E-state index in [2.05, 4.69) is 36.9 Å². The first-order valence-corrected chi connectivity index (χ1v) is 11.4. The Morgan fingerprint density at radius 1 is 0.909 bits per heavy atom. The molecule has 3 amide bonds. The third kappa shape index (κ3) is 5.11. The molecule has 9 heteroatoms. The Hall–Kier alpha value is -3.13. The van der Waals surface area contributed by atoms with E-state index in [1.165, 1.54) is 0 Å². The smallest absolute Gasteiger partial charge is 0.320 e. The van der Waals surface area contributed by atoms with Gasteiger partial charge in [0.25, 0.3) is 5.91 Å². The number of urea groups is 1. The average Bonchev–Trinajstić information content (AvgIpc) is 2.76. The van der Waals surface area contributed by atoms with Crippen molar-refractivity contribution in [2.24, 2.45) is 0 Å². The fraction of sp³-hybridized carbons (Fsp3) is 0.0417. The minimum Gasteiger partial charge on any atom is -0.320 e. The summed E-state index contributed by atoms with van der Waals surface area (Å²) < 4.78 is 0.852. The van der Waals surface area contributed by atoms with Gasteiger partial charge in [0.05, 0.1) is 32.5 Å². The molecule has 166 valence electrons. The lowest BCUT2D eigenvalue weighted by Crippen LogP contribution is -2.20. The second-order valence-corrected chi connectivity index (χ2v) is 8.89. The maximum atomic E-state index is 12.9. The van der Waals surface area contributed by atoms with Crippen LogP contribution in [0, 0.1) is 6.92 Å². The summed E-state index contributed by atoms with van der Waals surface area (Å²) in [6.45, 7) is 1.84. The highest BCUT2D eigenvalue weighted by atomic mass is 79.9. The second-order valence-electron chi connectivity index (χ2n) is 7.16. The number of pyridine rings is 1. The largest absolute Gasteiger partial charge is 0.323 e. The lowest BCUT2D eigenvalue weighted by atomic mass is 10.1. The third-order valence-corrected chi connectivity index (χ3v) is 5.97. The minimum atomic E-state index is -0.456. The zero-order valence-electron chi connectivity index (χ0n) is 17.2. The Morgan fingerprint density at radius 2 is 1.61 bits per heavy atom. The highest BCUT2D eigenvalue weighted by molar-refractivity contribution is 9.10. The fourth-order valence-corrected chi connectivity index (χ4v) is 4.30. The molecule has 0 bridgehead atoms. The van der Waals surface area contributed by atoms with Crippen LogP contribution in [0.2, 0.25) is 10.0 Å². The summed E-state index contributed by atoms with van der Waals surface area (Å²) in [6.07, 6.45) is 1.63. The van der Waals surface area contributed by atoms with Crippen molar-refractivity contribution in [3.63, 3.8) is 0 Å². The summed E-state index contributed by atoms with van der Waals surface area (Å²) in [7, 11) is 0. The molecule has 0 radical (unpaired) electrons. The Bertz CT molecular complexity index is 1370. The van der Waals surface area contributed by atoms with Crippen LogP contribution in [0.3, 0.4) is 0 Å². The number of rotatable bonds is 4. The average molecular weight is 544 g/mol. The number of halogens is 3. The van der Waals surface area contributed by atoms with E-state index in [-0.39, 0.29) is 15.6 Å². The number of carbonyl (C=O) groups is 2. The molecule has 4 rings (SSSR count). The van der Waals surface area contributed by atoms with Gasteiger partial charge in [0, 0.05) is 21.7 Å². The van der Waals surface area contributed by atoms with Gasteiger partial charge in [-0.05, 0) is 48.9 Å². The van der Waals surface area contributed by atoms with Gasteiger partial charge < -0.3 is 16.0 Å². The normalized spacial score (nSPS) is 10.7. The van der Waals surface area contributed by atoms with Crippen molar-refractivity contribution < 1.29 is 9.59 Å². The molecular weight excluding hydrogens is 527 g/mol. The van der Waals surface area contributed by atoms with Crippen LogP contribution in [-0.2, 0) is 0 Å². The van der Waals surface area contributed by atoms with Gasteiger partial charge in [-0.15, -0.1) is 0 Å². The first-order chi connectivity index (χ1) is 15.8. The van der Waals surface area contributed by atoms with Gasteiger partial charge in [-0.1, -0.05) is 63.4 Å². The van der Waals surface area contributed by atoms with Crippen LogP contribution in [0.4, 0.5) is 21.9 Å². The Balaban J connectivity index is 1.64. The number of anilines is 3. The van der Waals surface area contributed by atoms with Crippen molar-refractivity contribution in [3.8, 4) is 0 Å². The molecule has 0 fully saturated rings. The minimum absolute atomic E-state index is 0.177. The van der Waals surface area contributed by atoms with Gasteiger partial charge in [0.2, 0.25) is 0 Å². The lowest BCUT2D eigenvalue weighted by molar-refractivity contribution is 0.102. The van der Waals surface area contributed by atoms with E-state index in [0.717, 1.165) is 10.0 Å². The van der Waals surface area contributed by atoms with Gasteiger partial charge in [-0.25, -0.2) is 4.79 Å². The van der Waals surface area contributed by atoms with Gasteiger partial charge >= 0.3 is 6.03 Å². The Kier molecular flexibility index (Phi) is 6.83. The molecule has 0 spiro atoms. The Morgan fingerprint density at radius 3 is 2.33 bits per heavy atom. The van der Waals surface area contributed by atoms with Gasteiger partial charge in [0.15, 0.2) is 0 Å². The molecular formula is C24H17BrCl2N4O2. The second kappa shape index (κ2) is 9.79. The standard InChI is InChI=1S/C24H17BrCl2N4O2/c1-13-12-28-22-16(21(13)31-24(33)29-15-6-2-5-14(25)11-15)7-3-10-19(22)30-23(32)20-17(26)8-4-9-18(20)27/h2-12H,1H3,(H,30,32)(H2,28,29,31,33). The van der Waals surface area contributed by atoms with Gasteiger partial charge in [-0.2, -0.15) is 0 Å². The van der Waals surface area contributed by atoms with Crippen LogP contribution in [0.5, 0.6) is 0 Å². The molecule has 4 aromatic rings. The molecule has 1 heterocycles. The molecule has 0 aliphatic carbocycles. The van der Waals surface area contributed by atoms with Crippen molar-refractivity contribution >= 4 is 79.0 Å². The quantitative estimate of drug-likeness (QED) is 0.249. The number of carbonyl (C=O) groups excluding carboxylic acids is 2. The molecule has 0 saturated carbocycles. The van der Waals surface area contributed by atoms with E-state index in [1.54, 1.807) is 48.7 Å². The van der Waals surface area contributed by atoms with Crippen LogP contribution >= 0.6 is 39.1 Å². The molecule has 0 unspecified atom stereocenters.